The largest absolute Gasteiger partial charge is 0.493 e. The monoisotopic (exact) mass is 409 g/mol. The summed E-state index contributed by atoms with van der Waals surface area (Å²) in [4.78, 5) is 4.43. The van der Waals surface area contributed by atoms with Crippen molar-refractivity contribution < 1.29 is 4.74 Å². The van der Waals surface area contributed by atoms with Gasteiger partial charge in [0.1, 0.15) is 5.75 Å². The number of pyridine rings is 1. The number of nitrogens with zero attached hydrogens (tertiary/aromatic N) is 1. The second-order valence-corrected chi connectivity index (χ2v) is 8.80. The molecule has 0 aliphatic rings. The topological polar surface area (TPSA) is 22.1 Å². The highest BCUT2D eigenvalue weighted by molar-refractivity contribution is 5.73. The minimum atomic E-state index is 0.681. The van der Waals surface area contributed by atoms with Crippen molar-refractivity contribution in [2.45, 2.75) is 97.8 Å². The van der Waals surface area contributed by atoms with Crippen LogP contribution in [0.15, 0.2) is 42.7 Å². The molecule has 0 fully saturated rings. The maximum atomic E-state index is 6.23. The summed E-state index contributed by atoms with van der Waals surface area (Å²) in [5.41, 5.74) is 3.83. The van der Waals surface area contributed by atoms with Crippen molar-refractivity contribution in [2.24, 2.45) is 5.92 Å². The Kier molecular flexibility index (Phi) is 12.3. The second-order valence-electron chi connectivity index (χ2n) is 8.80. The first-order chi connectivity index (χ1) is 14.8. The van der Waals surface area contributed by atoms with Crippen molar-refractivity contribution in [1.82, 2.24) is 4.98 Å². The van der Waals surface area contributed by atoms with E-state index in [1.807, 2.05) is 6.20 Å². The fourth-order valence-corrected chi connectivity index (χ4v) is 4.13. The molecule has 1 unspecified atom stereocenters. The third-order valence-corrected chi connectivity index (χ3v) is 5.96. The predicted molar refractivity (Wildman–Crippen MR) is 130 cm³/mol. The summed E-state index contributed by atoms with van der Waals surface area (Å²) < 4.78 is 6.23. The molecule has 30 heavy (non-hydrogen) atoms. The number of rotatable bonds is 16. The number of para-hydroxylation sites is 1. The van der Waals surface area contributed by atoms with Crippen LogP contribution in [0.1, 0.15) is 97.0 Å². The van der Waals surface area contributed by atoms with E-state index in [1.165, 1.54) is 80.9 Å². The summed E-state index contributed by atoms with van der Waals surface area (Å²) in [7, 11) is 0. The first-order valence-electron chi connectivity index (χ1n) is 12.4. The van der Waals surface area contributed by atoms with Gasteiger partial charge >= 0.3 is 0 Å². The highest BCUT2D eigenvalue weighted by atomic mass is 16.5. The van der Waals surface area contributed by atoms with Crippen LogP contribution in [-0.2, 0) is 6.42 Å². The van der Waals surface area contributed by atoms with E-state index in [9.17, 15) is 0 Å². The maximum Gasteiger partial charge on any atom is 0.127 e. The molecule has 2 aromatic rings. The summed E-state index contributed by atoms with van der Waals surface area (Å²) in [6.07, 6.45) is 19.4. The highest BCUT2D eigenvalue weighted by Gasteiger charge is 2.13. The van der Waals surface area contributed by atoms with Gasteiger partial charge in [0, 0.05) is 18.0 Å². The Balaban J connectivity index is 1.97. The average molecular weight is 410 g/mol. The van der Waals surface area contributed by atoms with Gasteiger partial charge in [-0.2, -0.15) is 0 Å². The Morgan fingerprint density at radius 2 is 1.50 bits per heavy atom. The standard InChI is InChI=1S/C28H43NO/c1-4-6-8-10-11-15-21-30-28-18-14-13-17-27(28)26-19-20-29-23-25(26)22-24(3)16-12-9-7-5-2/h13-14,17-20,23-24H,4-12,15-16,21-22H2,1-3H3. The second kappa shape index (κ2) is 15.0. The van der Waals surface area contributed by atoms with E-state index in [4.69, 9.17) is 4.74 Å². The van der Waals surface area contributed by atoms with Crippen LogP contribution in [0, 0.1) is 5.92 Å². The molecule has 1 atom stereocenters. The molecule has 0 spiro atoms. The van der Waals surface area contributed by atoms with E-state index in [0.717, 1.165) is 25.2 Å². The maximum absolute atomic E-state index is 6.23. The lowest BCUT2D eigenvalue weighted by Crippen LogP contribution is -2.04. The van der Waals surface area contributed by atoms with Crippen molar-refractivity contribution in [2.75, 3.05) is 6.61 Å². The van der Waals surface area contributed by atoms with E-state index in [-0.39, 0.29) is 0 Å². The van der Waals surface area contributed by atoms with Crippen molar-refractivity contribution in [3.63, 3.8) is 0 Å². The third kappa shape index (κ3) is 8.90. The number of unbranched alkanes of at least 4 members (excludes halogenated alkanes) is 8. The van der Waals surface area contributed by atoms with Gasteiger partial charge in [-0.15, -0.1) is 0 Å². The summed E-state index contributed by atoms with van der Waals surface area (Å²) in [6.45, 7) is 7.72. The van der Waals surface area contributed by atoms with E-state index < -0.39 is 0 Å². The summed E-state index contributed by atoms with van der Waals surface area (Å²) in [5, 5.41) is 0. The molecule has 0 saturated heterocycles. The first-order valence-corrected chi connectivity index (χ1v) is 12.4. The smallest absolute Gasteiger partial charge is 0.127 e. The Morgan fingerprint density at radius 1 is 0.800 bits per heavy atom. The van der Waals surface area contributed by atoms with Gasteiger partial charge in [-0.25, -0.2) is 0 Å². The molecule has 2 rings (SSSR count). The molecule has 1 aromatic heterocycles. The van der Waals surface area contributed by atoms with Crippen LogP contribution in [0.2, 0.25) is 0 Å². The van der Waals surface area contributed by atoms with Gasteiger partial charge in [0.05, 0.1) is 6.61 Å². The van der Waals surface area contributed by atoms with Crippen molar-refractivity contribution in [3.05, 3.63) is 48.3 Å². The minimum absolute atomic E-state index is 0.681. The number of hydrogen-bond donors (Lipinski definition) is 0. The molecule has 0 aliphatic heterocycles. The molecule has 0 aliphatic carbocycles. The SMILES string of the molecule is CCCCCCCCOc1ccccc1-c1ccncc1CC(C)CCCCCC. The Labute approximate surface area is 185 Å². The molecular formula is C28H43NO. The molecular weight excluding hydrogens is 366 g/mol. The molecule has 0 radical (unpaired) electrons. The molecule has 0 amide bonds. The van der Waals surface area contributed by atoms with Crippen LogP contribution in [0.5, 0.6) is 5.75 Å². The van der Waals surface area contributed by atoms with E-state index >= 15 is 0 Å². The van der Waals surface area contributed by atoms with Crippen molar-refractivity contribution >= 4 is 0 Å². The molecule has 0 bridgehead atoms. The Morgan fingerprint density at radius 3 is 2.30 bits per heavy atom. The lowest BCUT2D eigenvalue weighted by Gasteiger charge is -2.17. The molecule has 0 N–H and O–H groups in total. The highest BCUT2D eigenvalue weighted by Crippen LogP contribution is 2.33. The lowest BCUT2D eigenvalue weighted by atomic mass is 9.91. The number of aromatic nitrogens is 1. The molecule has 0 saturated carbocycles. The van der Waals surface area contributed by atoms with E-state index in [0.29, 0.717) is 5.92 Å². The lowest BCUT2D eigenvalue weighted by molar-refractivity contribution is 0.305. The summed E-state index contributed by atoms with van der Waals surface area (Å²) >= 11 is 0. The van der Waals surface area contributed by atoms with Gasteiger partial charge in [-0.3, -0.25) is 4.98 Å². The molecule has 2 nitrogen and oxygen atoms in total. The minimum Gasteiger partial charge on any atom is -0.493 e. The Hall–Kier alpha value is -1.83. The Bertz CT molecular complexity index is 697. The number of benzene rings is 1. The van der Waals surface area contributed by atoms with E-state index in [2.05, 4.69) is 62.3 Å². The van der Waals surface area contributed by atoms with Gasteiger partial charge in [0.15, 0.2) is 0 Å². The number of ether oxygens (including phenoxy) is 1. The van der Waals surface area contributed by atoms with Crippen molar-refractivity contribution in [1.29, 1.82) is 0 Å². The molecule has 2 heteroatoms. The zero-order valence-electron chi connectivity index (χ0n) is 19.7. The van der Waals surface area contributed by atoms with Crippen LogP contribution in [-0.4, -0.2) is 11.6 Å². The molecule has 1 heterocycles. The zero-order valence-corrected chi connectivity index (χ0v) is 19.7. The normalized spacial score (nSPS) is 12.1. The zero-order chi connectivity index (χ0) is 21.4. The molecule has 1 aromatic carbocycles. The third-order valence-electron chi connectivity index (χ3n) is 5.96. The van der Waals surface area contributed by atoms with Crippen LogP contribution in [0.25, 0.3) is 11.1 Å². The van der Waals surface area contributed by atoms with Gasteiger partial charge in [-0.05, 0) is 42.0 Å². The van der Waals surface area contributed by atoms with Gasteiger partial charge in [-0.1, -0.05) is 103 Å². The van der Waals surface area contributed by atoms with Gasteiger partial charge in [0.25, 0.3) is 0 Å². The summed E-state index contributed by atoms with van der Waals surface area (Å²) in [5.74, 6) is 1.69. The average Bonchev–Trinajstić information content (AvgIpc) is 2.77. The van der Waals surface area contributed by atoms with Crippen LogP contribution >= 0.6 is 0 Å². The fraction of sp³-hybridized carbons (Fsp3) is 0.607. The molecule has 166 valence electrons. The first kappa shape index (κ1) is 24.4. The number of hydrogen-bond acceptors (Lipinski definition) is 2. The van der Waals surface area contributed by atoms with Crippen LogP contribution < -0.4 is 4.74 Å². The van der Waals surface area contributed by atoms with Crippen LogP contribution in [0.4, 0.5) is 0 Å². The van der Waals surface area contributed by atoms with Gasteiger partial charge < -0.3 is 4.74 Å². The van der Waals surface area contributed by atoms with Crippen molar-refractivity contribution in [3.8, 4) is 16.9 Å². The van der Waals surface area contributed by atoms with Crippen LogP contribution in [0.3, 0.4) is 0 Å². The van der Waals surface area contributed by atoms with E-state index in [1.54, 1.807) is 0 Å². The quantitative estimate of drug-likeness (QED) is 0.259. The van der Waals surface area contributed by atoms with Gasteiger partial charge in [0.2, 0.25) is 0 Å². The fourth-order valence-electron chi connectivity index (χ4n) is 4.13. The predicted octanol–water partition coefficient (Wildman–Crippen LogP) is 8.64. The summed E-state index contributed by atoms with van der Waals surface area (Å²) in [6, 6.07) is 10.7.